The fraction of sp³-hybridized carbons (Fsp3) is 0.733. The normalized spacial score (nSPS) is 17.0. The standard InChI is InChI=1S/C15H30O2Si2/c1-12(2)11-13-9-10-14(16-18(3,4)5)15(13)17-19(6,7)8/h9,12H,10-11H2,1-8H3. The van der Waals surface area contributed by atoms with Crippen LogP contribution in [0.5, 0.6) is 0 Å². The van der Waals surface area contributed by atoms with Crippen molar-refractivity contribution in [3.8, 4) is 0 Å². The number of allylic oxidation sites excluding steroid dienone is 2. The van der Waals surface area contributed by atoms with Crippen LogP contribution in [-0.2, 0) is 8.85 Å². The summed E-state index contributed by atoms with van der Waals surface area (Å²) in [4.78, 5) is 0. The van der Waals surface area contributed by atoms with E-state index in [-0.39, 0.29) is 0 Å². The summed E-state index contributed by atoms with van der Waals surface area (Å²) in [6.07, 6.45) is 4.29. The van der Waals surface area contributed by atoms with Crippen LogP contribution in [0.3, 0.4) is 0 Å². The van der Waals surface area contributed by atoms with Gasteiger partial charge in [0.25, 0.3) is 0 Å². The van der Waals surface area contributed by atoms with Crippen molar-refractivity contribution in [1.82, 2.24) is 0 Å². The summed E-state index contributed by atoms with van der Waals surface area (Å²) in [6, 6.07) is 0. The van der Waals surface area contributed by atoms with Crippen LogP contribution in [0.2, 0.25) is 39.3 Å². The van der Waals surface area contributed by atoms with Crippen LogP contribution in [0.15, 0.2) is 23.2 Å². The van der Waals surface area contributed by atoms with Gasteiger partial charge in [-0.15, -0.1) is 0 Å². The zero-order valence-corrected chi connectivity index (χ0v) is 15.9. The fourth-order valence-electron chi connectivity index (χ4n) is 2.08. The second-order valence-electron chi connectivity index (χ2n) is 7.71. The Morgan fingerprint density at radius 2 is 1.53 bits per heavy atom. The van der Waals surface area contributed by atoms with E-state index in [1.165, 1.54) is 5.57 Å². The first-order valence-electron chi connectivity index (χ1n) is 7.28. The predicted octanol–water partition coefficient (Wildman–Crippen LogP) is 5.28. The van der Waals surface area contributed by atoms with Crippen LogP contribution in [0, 0.1) is 5.92 Å². The molecule has 1 aliphatic carbocycles. The molecule has 0 unspecified atom stereocenters. The van der Waals surface area contributed by atoms with E-state index in [0.29, 0.717) is 5.92 Å². The van der Waals surface area contributed by atoms with E-state index in [0.717, 1.165) is 24.4 Å². The quantitative estimate of drug-likeness (QED) is 0.621. The highest BCUT2D eigenvalue weighted by Crippen LogP contribution is 2.35. The molecule has 0 bridgehead atoms. The average molecular weight is 299 g/mol. The minimum absolute atomic E-state index is 0.651. The van der Waals surface area contributed by atoms with Crippen LogP contribution in [0.4, 0.5) is 0 Å². The zero-order chi connectivity index (χ0) is 14.8. The Balaban J connectivity index is 2.97. The molecule has 0 saturated carbocycles. The first-order chi connectivity index (χ1) is 8.48. The van der Waals surface area contributed by atoms with Gasteiger partial charge in [0.05, 0.1) is 0 Å². The van der Waals surface area contributed by atoms with Crippen molar-refractivity contribution in [2.24, 2.45) is 5.92 Å². The summed E-state index contributed by atoms with van der Waals surface area (Å²) in [5.74, 6) is 2.80. The minimum Gasteiger partial charge on any atom is -0.544 e. The highest BCUT2D eigenvalue weighted by molar-refractivity contribution is 6.70. The lowest BCUT2D eigenvalue weighted by molar-refractivity contribution is 0.346. The van der Waals surface area contributed by atoms with E-state index in [4.69, 9.17) is 8.85 Å². The summed E-state index contributed by atoms with van der Waals surface area (Å²) < 4.78 is 12.6. The Bertz CT molecular complexity index is 382. The fourth-order valence-corrected chi connectivity index (χ4v) is 3.86. The summed E-state index contributed by atoms with van der Waals surface area (Å²) in [5.41, 5.74) is 1.35. The molecule has 0 aromatic heterocycles. The van der Waals surface area contributed by atoms with Gasteiger partial charge >= 0.3 is 0 Å². The average Bonchev–Trinajstić information content (AvgIpc) is 2.44. The van der Waals surface area contributed by atoms with Gasteiger partial charge in [-0.1, -0.05) is 19.9 Å². The second kappa shape index (κ2) is 5.87. The third kappa shape index (κ3) is 6.00. The third-order valence-corrected chi connectivity index (χ3v) is 4.22. The van der Waals surface area contributed by atoms with Gasteiger partial charge in [-0.25, -0.2) is 0 Å². The van der Waals surface area contributed by atoms with Crippen LogP contribution < -0.4 is 0 Å². The maximum atomic E-state index is 6.32. The van der Waals surface area contributed by atoms with Crippen molar-refractivity contribution in [2.45, 2.75) is 66.0 Å². The monoisotopic (exact) mass is 298 g/mol. The van der Waals surface area contributed by atoms with E-state index in [1.54, 1.807) is 0 Å². The molecule has 4 heteroatoms. The molecule has 2 nitrogen and oxygen atoms in total. The third-order valence-electron chi connectivity index (χ3n) is 2.54. The number of rotatable bonds is 6. The van der Waals surface area contributed by atoms with E-state index >= 15 is 0 Å². The lowest BCUT2D eigenvalue weighted by Crippen LogP contribution is -2.28. The molecule has 0 aromatic carbocycles. The van der Waals surface area contributed by atoms with Gasteiger partial charge in [0, 0.05) is 6.42 Å². The SMILES string of the molecule is CC(C)CC1=CCC(O[Si](C)(C)C)=C1O[Si](C)(C)C. The van der Waals surface area contributed by atoms with Gasteiger partial charge in [-0.05, 0) is 57.2 Å². The minimum atomic E-state index is -1.60. The van der Waals surface area contributed by atoms with Crippen molar-refractivity contribution in [2.75, 3.05) is 0 Å². The van der Waals surface area contributed by atoms with Crippen molar-refractivity contribution < 1.29 is 8.85 Å². The first kappa shape index (κ1) is 16.6. The maximum absolute atomic E-state index is 6.32. The highest BCUT2D eigenvalue weighted by atomic mass is 28.4. The molecule has 0 saturated heterocycles. The molecule has 0 aromatic rings. The Labute approximate surface area is 121 Å². The summed E-state index contributed by atoms with van der Waals surface area (Å²) in [7, 11) is -3.16. The molecule has 0 radical (unpaired) electrons. The summed E-state index contributed by atoms with van der Waals surface area (Å²) in [6.45, 7) is 17.9. The van der Waals surface area contributed by atoms with Crippen LogP contribution in [-0.4, -0.2) is 16.6 Å². The largest absolute Gasteiger partial charge is 0.544 e. The molecule has 0 fully saturated rings. The number of hydrogen-bond donors (Lipinski definition) is 0. The predicted molar refractivity (Wildman–Crippen MR) is 88.0 cm³/mol. The molecule has 0 atom stereocenters. The van der Waals surface area contributed by atoms with E-state index in [1.807, 2.05) is 0 Å². The molecule has 0 heterocycles. The van der Waals surface area contributed by atoms with E-state index in [2.05, 4.69) is 59.2 Å². The highest BCUT2D eigenvalue weighted by Gasteiger charge is 2.29. The van der Waals surface area contributed by atoms with Crippen molar-refractivity contribution in [3.05, 3.63) is 23.2 Å². The lowest BCUT2D eigenvalue weighted by Gasteiger charge is -2.27. The molecule has 0 aliphatic heterocycles. The summed E-state index contributed by atoms with van der Waals surface area (Å²) >= 11 is 0. The molecule has 0 spiro atoms. The Hall–Kier alpha value is -0.486. The van der Waals surface area contributed by atoms with Gasteiger partial charge in [-0.2, -0.15) is 0 Å². The molecule has 0 N–H and O–H groups in total. The van der Waals surface area contributed by atoms with Gasteiger partial charge in [0.1, 0.15) is 11.5 Å². The lowest BCUT2D eigenvalue weighted by atomic mass is 10.0. The van der Waals surface area contributed by atoms with Crippen LogP contribution >= 0.6 is 0 Å². The Kier molecular flexibility index (Phi) is 5.12. The second-order valence-corrected chi connectivity index (χ2v) is 16.6. The zero-order valence-electron chi connectivity index (χ0n) is 13.9. The smallest absolute Gasteiger partial charge is 0.242 e. The topological polar surface area (TPSA) is 18.5 Å². The molecule has 0 amide bonds. The van der Waals surface area contributed by atoms with E-state index in [9.17, 15) is 0 Å². The first-order valence-corrected chi connectivity index (χ1v) is 14.1. The van der Waals surface area contributed by atoms with Crippen LogP contribution in [0.1, 0.15) is 26.7 Å². The number of hydrogen-bond acceptors (Lipinski definition) is 2. The summed E-state index contributed by atoms with van der Waals surface area (Å²) in [5, 5.41) is 0. The molecule has 110 valence electrons. The Morgan fingerprint density at radius 3 is 1.95 bits per heavy atom. The van der Waals surface area contributed by atoms with Gasteiger partial charge in [-0.3, -0.25) is 0 Å². The van der Waals surface area contributed by atoms with Gasteiger partial charge in [0.15, 0.2) is 0 Å². The van der Waals surface area contributed by atoms with Gasteiger partial charge < -0.3 is 8.85 Å². The molecular formula is C15H30O2Si2. The van der Waals surface area contributed by atoms with Crippen molar-refractivity contribution in [3.63, 3.8) is 0 Å². The van der Waals surface area contributed by atoms with Crippen molar-refractivity contribution >= 4 is 16.6 Å². The molecule has 1 aliphatic rings. The van der Waals surface area contributed by atoms with Crippen LogP contribution in [0.25, 0.3) is 0 Å². The Morgan fingerprint density at radius 1 is 1.00 bits per heavy atom. The molecule has 19 heavy (non-hydrogen) atoms. The maximum Gasteiger partial charge on any atom is 0.242 e. The van der Waals surface area contributed by atoms with E-state index < -0.39 is 16.6 Å². The van der Waals surface area contributed by atoms with Gasteiger partial charge in [0.2, 0.25) is 16.6 Å². The van der Waals surface area contributed by atoms with Crippen molar-refractivity contribution in [1.29, 1.82) is 0 Å². The molecule has 1 rings (SSSR count). The molecular weight excluding hydrogens is 268 g/mol.